The zero-order valence-corrected chi connectivity index (χ0v) is 13.8. The van der Waals surface area contributed by atoms with E-state index < -0.39 is 16.0 Å². The van der Waals surface area contributed by atoms with Crippen molar-refractivity contribution >= 4 is 16.0 Å². The molecule has 1 fully saturated rings. The number of carboxylic acid groups (broad SMARTS) is 1. The van der Waals surface area contributed by atoms with Crippen molar-refractivity contribution in [1.29, 1.82) is 0 Å². The van der Waals surface area contributed by atoms with E-state index in [1.165, 1.54) is 29.6 Å². The molecule has 2 atom stereocenters. The summed E-state index contributed by atoms with van der Waals surface area (Å²) in [4.78, 5) is 11.0. The van der Waals surface area contributed by atoms with E-state index in [1.807, 2.05) is 13.8 Å². The fraction of sp³-hybridized carbons (Fsp3) is 0.533. The third kappa shape index (κ3) is 3.25. The van der Waals surface area contributed by atoms with Gasteiger partial charge in [0.1, 0.15) is 10.6 Å². The van der Waals surface area contributed by atoms with Gasteiger partial charge in [-0.25, -0.2) is 13.2 Å². The molecule has 1 aromatic rings. The molecule has 0 spiro atoms. The van der Waals surface area contributed by atoms with Crippen LogP contribution >= 0.6 is 0 Å². The molecule has 22 heavy (non-hydrogen) atoms. The van der Waals surface area contributed by atoms with Gasteiger partial charge in [0, 0.05) is 13.1 Å². The summed E-state index contributed by atoms with van der Waals surface area (Å²) in [6.07, 6.45) is 0.984. The molecule has 0 amide bonds. The second-order valence-electron chi connectivity index (χ2n) is 5.94. The summed E-state index contributed by atoms with van der Waals surface area (Å²) in [5.74, 6) is -0.463. The van der Waals surface area contributed by atoms with E-state index in [0.717, 1.165) is 6.42 Å². The summed E-state index contributed by atoms with van der Waals surface area (Å²) in [6, 6.07) is 3.88. The molecule has 122 valence electrons. The van der Waals surface area contributed by atoms with Crippen molar-refractivity contribution in [2.45, 2.75) is 25.2 Å². The van der Waals surface area contributed by atoms with Gasteiger partial charge in [0.15, 0.2) is 0 Å². The Balaban J connectivity index is 2.48. The average molecular weight is 327 g/mol. The average Bonchev–Trinajstić information content (AvgIpc) is 2.45. The van der Waals surface area contributed by atoms with Gasteiger partial charge in [-0.05, 0) is 36.5 Å². The van der Waals surface area contributed by atoms with Crippen LogP contribution < -0.4 is 4.74 Å². The van der Waals surface area contributed by atoms with Crippen LogP contribution in [0.3, 0.4) is 0 Å². The van der Waals surface area contributed by atoms with Crippen molar-refractivity contribution in [3.63, 3.8) is 0 Å². The Labute approximate surface area is 130 Å². The third-order valence-corrected chi connectivity index (χ3v) is 5.72. The molecule has 1 aliphatic rings. The van der Waals surface area contributed by atoms with Crippen LogP contribution in [0.15, 0.2) is 23.1 Å². The second kappa shape index (κ2) is 6.26. The lowest BCUT2D eigenvalue weighted by Crippen LogP contribution is -2.42. The zero-order valence-electron chi connectivity index (χ0n) is 12.9. The van der Waals surface area contributed by atoms with Crippen LogP contribution in [0.4, 0.5) is 0 Å². The van der Waals surface area contributed by atoms with E-state index in [0.29, 0.717) is 13.1 Å². The Morgan fingerprint density at radius 2 is 1.86 bits per heavy atom. The Bertz CT molecular complexity index is 661. The lowest BCUT2D eigenvalue weighted by Gasteiger charge is -2.34. The number of methoxy groups -OCH3 is 1. The predicted molar refractivity (Wildman–Crippen MR) is 81.7 cm³/mol. The second-order valence-corrected chi connectivity index (χ2v) is 7.85. The van der Waals surface area contributed by atoms with Gasteiger partial charge in [0.2, 0.25) is 10.0 Å². The van der Waals surface area contributed by atoms with E-state index in [-0.39, 0.29) is 28.0 Å². The molecule has 6 nitrogen and oxygen atoms in total. The smallest absolute Gasteiger partial charge is 0.335 e. The molecule has 1 heterocycles. The van der Waals surface area contributed by atoms with Gasteiger partial charge in [-0.2, -0.15) is 4.31 Å². The number of aromatic carboxylic acids is 1. The van der Waals surface area contributed by atoms with Crippen molar-refractivity contribution in [2.75, 3.05) is 20.2 Å². The van der Waals surface area contributed by atoms with Crippen LogP contribution in [0.1, 0.15) is 30.6 Å². The molecule has 1 N–H and O–H groups in total. The van der Waals surface area contributed by atoms with E-state index in [2.05, 4.69) is 0 Å². The number of piperidine rings is 1. The van der Waals surface area contributed by atoms with Crippen molar-refractivity contribution in [1.82, 2.24) is 4.31 Å². The summed E-state index contributed by atoms with van der Waals surface area (Å²) < 4.78 is 32.3. The summed E-state index contributed by atoms with van der Waals surface area (Å²) in [6.45, 7) is 4.91. The topological polar surface area (TPSA) is 83.9 Å². The highest BCUT2D eigenvalue weighted by Crippen LogP contribution is 2.31. The first kappa shape index (κ1) is 16.8. The standard InChI is InChI=1S/C15H21NO5S/c1-10-6-11(2)9-16(8-10)22(19,20)14-7-12(15(17)18)4-5-13(14)21-3/h4-5,7,10-11H,6,8-9H2,1-3H3,(H,17,18)/t10-,11-/m0/s1. The zero-order chi connectivity index (χ0) is 16.5. The first-order valence-electron chi connectivity index (χ1n) is 7.17. The first-order valence-corrected chi connectivity index (χ1v) is 8.61. The van der Waals surface area contributed by atoms with E-state index in [1.54, 1.807) is 0 Å². The van der Waals surface area contributed by atoms with Gasteiger partial charge in [-0.1, -0.05) is 13.8 Å². The molecular weight excluding hydrogens is 306 g/mol. The number of benzene rings is 1. The van der Waals surface area contributed by atoms with Crippen LogP contribution in [0.2, 0.25) is 0 Å². The van der Waals surface area contributed by atoms with E-state index >= 15 is 0 Å². The Morgan fingerprint density at radius 1 is 1.27 bits per heavy atom. The molecule has 0 radical (unpaired) electrons. The van der Waals surface area contributed by atoms with Crippen molar-refractivity contribution in [3.05, 3.63) is 23.8 Å². The maximum atomic E-state index is 12.9. The largest absolute Gasteiger partial charge is 0.495 e. The number of ether oxygens (including phenoxy) is 1. The summed E-state index contributed by atoms with van der Waals surface area (Å²) in [5, 5.41) is 9.08. The minimum Gasteiger partial charge on any atom is -0.495 e. The predicted octanol–water partition coefficient (Wildman–Crippen LogP) is 2.06. The monoisotopic (exact) mass is 327 g/mol. The maximum absolute atomic E-state index is 12.9. The normalized spacial score (nSPS) is 23.2. The van der Waals surface area contributed by atoms with Gasteiger partial charge >= 0.3 is 5.97 Å². The summed E-state index contributed by atoms with van der Waals surface area (Å²) >= 11 is 0. The Hall–Kier alpha value is -1.60. The van der Waals surface area contributed by atoms with Gasteiger partial charge in [0.05, 0.1) is 12.7 Å². The molecule has 1 aromatic carbocycles. The van der Waals surface area contributed by atoms with Crippen LogP contribution in [0.5, 0.6) is 5.75 Å². The van der Waals surface area contributed by atoms with Crippen molar-refractivity contribution in [2.24, 2.45) is 11.8 Å². The molecule has 1 saturated heterocycles. The molecule has 2 rings (SSSR count). The molecule has 0 saturated carbocycles. The number of carboxylic acids is 1. The SMILES string of the molecule is COc1ccc(C(=O)O)cc1S(=O)(=O)N1C[C@@H](C)C[C@H](C)C1. The Kier molecular flexibility index (Phi) is 4.77. The van der Waals surface area contributed by atoms with Crippen molar-refractivity contribution < 1.29 is 23.1 Å². The summed E-state index contributed by atoms with van der Waals surface area (Å²) in [7, 11) is -2.41. The molecule has 0 unspecified atom stereocenters. The number of hydrogen-bond donors (Lipinski definition) is 1. The first-order chi connectivity index (χ1) is 10.3. The quantitative estimate of drug-likeness (QED) is 0.915. The number of hydrogen-bond acceptors (Lipinski definition) is 4. The highest BCUT2D eigenvalue weighted by Gasteiger charge is 2.33. The molecule has 0 aromatic heterocycles. The number of rotatable bonds is 4. The van der Waals surface area contributed by atoms with Crippen LogP contribution in [0, 0.1) is 11.8 Å². The number of nitrogens with zero attached hydrogens (tertiary/aromatic N) is 1. The van der Waals surface area contributed by atoms with E-state index in [9.17, 15) is 13.2 Å². The van der Waals surface area contributed by atoms with Crippen LogP contribution in [0.25, 0.3) is 0 Å². The lowest BCUT2D eigenvalue weighted by atomic mass is 9.94. The molecule has 0 bridgehead atoms. The Morgan fingerprint density at radius 3 is 2.36 bits per heavy atom. The lowest BCUT2D eigenvalue weighted by molar-refractivity contribution is 0.0696. The van der Waals surface area contributed by atoms with E-state index in [4.69, 9.17) is 9.84 Å². The van der Waals surface area contributed by atoms with Crippen LogP contribution in [-0.4, -0.2) is 44.0 Å². The van der Waals surface area contributed by atoms with Gasteiger partial charge < -0.3 is 9.84 Å². The highest BCUT2D eigenvalue weighted by atomic mass is 32.2. The minimum atomic E-state index is -3.78. The molecule has 7 heteroatoms. The highest BCUT2D eigenvalue weighted by molar-refractivity contribution is 7.89. The summed E-state index contributed by atoms with van der Waals surface area (Å²) in [5.41, 5.74) is -0.0718. The van der Waals surface area contributed by atoms with Crippen molar-refractivity contribution in [3.8, 4) is 5.75 Å². The molecular formula is C15H21NO5S. The fourth-order valence-electron chi connectivity index (χ4n) is 2.95. The molecule has 0 aliphatic carbocycles. The molecule has 1 aliphatic heterocycles. The number of sulfonamides is 1. The van der Waals surface area contributed by atoms with Crippen LogP contribution in [-0.2, 0) is 10.0 Å². The van der Waals surface area contributed by atoms with Gasteiger partial charge in [-0.3, -0.25) is 0 Å². The third-order valence-electron chi connectivity index (χ3n) is 3.86. The van der Waals surface area contributed by atoms with Gasteiger partial charge in [-0.15, -0.1) is 0 Å². The van der Waals surface area contributed by atoms with Gasteiger partial charge in [0.25, 0.3) is 0 Å². The minimum absolute atomic E-state index is 0.0718. The maximum Gasteiger partial charge on any atom is 0.335 e. The fourth-order valence-corrected chi connectivity index (χ4v) is 4.81. The number of carbonyl (C=O) groups is 1.